The largest absolute Gasteiger partial charge is 0.371 e. The molecule has 1 aromatic carbocycles. The summed E-state index contributed by atoms with van der Waals surface area (Å²) >= 11 is 0. The van der Waals surface area contributed by atoms with E-state index in [0.717, 1.165) is 32.3 Å². The highest BCUT2D eigenvalue weighted by Gasteiger charge is 2.25. The molecule has 4 nitrogen and oxygen atoms in total. The lowest BCUT2D eigenvalue weighted by Crippen LogP contribution is -2.22. The van der Waals surface area contributed by atoms with Crippen LogP contribution in [0.25, 0.3) is 0 Å². The number of rotatable bonds is 6. The highest BCUT2D eigenvalue weighted by Crippen LogP contribution is 2.35. The van der Waals surface area contributed by atoms with Crippen molar-refractivity contribution >= 4 is 0 Å². The van der Waals surface area contributed by atoms with Gasteiger partial charge in [-0.2, -0.15) is 5.26 Å². The van der Waals surface area contributed by atoms with Crippen LogP contribution < -0.4 is 0 Å². The standard InChI is InChI=1S/C17H19F2NO3/c18-16-5-12(6-17(19)15(16)7-20)11-1-3-13(4-2-11)23-10-21-8-14-9-22-14/h5-6,11,13-14H,1-4,8-10H2. The van der Waals surface area contributed by atoms with E-state index in [0.29, 0.717) is 12.2 Å². The number of nitriles is 1. The molecule has 6 heteroatoms. The monoisotopic (exact) mass is 323 g/mol. The zero-order valence-corrected chi connectivity index (χ0v) is 12.8. The second-order valence-corrected chi connectivity index (χ2v) is 6.06. The number of nitrogens with zero attached hydrogens (tertiary/aromatic N) is 1. The molecule has 1 unspecified atom stereocenters. The van der Waals surface area contributed by atoms with Crippen molar-refractivity contribution < 1.29 is 23.0 Å². The maximum atomic E-state index is 13.7. The van der Waals surface area contributed by atoms with Crippen molar-refractivity contribution in [2.75, 3.05) is 20.0 Å². The summed E-state index contributed by atoms with van der Waals surface area (Å²) in [5, 5.41) is 8.71. The highest BCUT2D eigenvalue weighted by molar-refractivity contribution is 5.36. The Morgan fingerprint density at radius 1 is 1.17 bits per heavy atom. The average molecular weight is 323 g/mol. The van der Waals surface area contributed by atoms with Crippen LogP contribution in [0.15, 0.2) is 12.1 Å². The molecule has 0 N–H and O–H groups in total. The molecule has 1 saturated heterocycles. The Morgan fingerprint density at radius 3 is 2.39 bits per heavy atom. The van der Waals surface area contributed by atoms with Crippen molar-refractivity contribution in [2.45, 2.75) is 43.8 Å². The third kappa shape index (κ3) is 4.25. The van der Waals surface area contributed by atoms with Crippen molar-refractivity contribution in [3.05, 3.63) is 34.9 Å². The van der Waals surface area contributed by atoms with E-state index in [9.17, 15) is 8.78 Å². The van der Waals surface area contributed by atoms with Gasteiger partial charge in [-0.3, -0.25) is 0 Å². The molecule has 1 aliphatic carbocycles. The first-order chi connectivity index (χ1) is 11.2. The Labute approximate surface area is 133 Å². The van der Waals surface area contributed by atoms with Gasteiger partial charge in [0.15, 0.2) is 0 Å². The minimum atomic E-state index is -0.781. The Hall–Kier alpha value is -1.55. The molecule has 1 saturated carbocycles. The SMILES string of the molecule is N#Cc1c(F)cc(C2CCC(OCOCC3CO3)CC2)cc1F. The lowest BCUT2D eigenvalue weighted by molar-refractivity contribution is -0.102. The Bertz CT molecular complexity index is 567. The first-order valence-electron chi connectivity index (χ1n) is 7.87. The van der Waals surface area contributed by atoms with Crippen LogP contribution in [-0.4, -0.2) is 32.2 Å². The van der Waals surface area contributed by atoms with Crippen molar-refractivity contribution in [2.24, 2.45) is 0 Å². The van der Waals surface area contributed by atoms with E-state index in [1.54, 1.807) is 6.07 Å². The predicted octanol–water partition coefficient (Wildman–Crippen LogP) is 3.25. The van der Waals surface area contributed by atoms with Crippen LogP contribution in [0.5, 0.6) is 0 Å². The number of hydrogen-bond acceptors (Lipinski definition) is 4. The van der Waals surface area contributed by atoms with E-state index in [2.05, 4.69) is 0 Å². The van der Waals surface area contributed by atoms with Crippen LogP contribution >= 0.6 is 0 Å². The molecule has 1 atom stereocenters. The Kier molecular flexibility index (Phi) is 5.21. The summed E-state index contributed by atoms with van der Waals surface area (Å²) in [5.74, 6) is -1.46. The summed E-state index contributed by atoms with van der Waals surface area (Å²) in [7, 11) is 0. The van der Waals surface area contributed by atoms with E-state index in [1.807, 2.05) is 0 Å². The first-order valence-corrected chi connectivity index (χ1v) is 7.87. The van der Waals surface area contributed by atoms with Crippen molar-refractivity contribution in [1.29, 1.82) is 5.26 Å². The number of benzene rings is 1. The van der Waals surface area contributed by atoms with E-state index in [1.165, 1.54) is 12.1 Å². The van der Waals surface area contributed by atoms with Gasteiger partial charge in [-0.1, -0.05) is 0 Å². The molecule has 0 radical (unpaired) electrons. The van der Waals surface area contributed by atoms with Gasteiger partial charge in [0.2, 0.25) is 0 Å². The molecule has 0 bridgehead atoms. The quantitative estimate of drug-likeness (QED) is 0.458. The smallest absolute Gasteiger partial charge is 0.147 e. The number of hydrogen-bond donors (Lipinski definition) is 0. The summed E-state index contributed by atoms with van der Waals surface area (Å²) < 4.78 is 43.5. The minimum Gasteiger partial charge on any atom is -0.371 e. The van der Waals surface area contributed by atoms with Crippen molar-refractivity contribution in [1.82, 2.24) is 0 Å². The van der Waals surface area contributed by atoms with Crippen LogP contribution in [0, 0.1) is 23.0 Å². The van der Waals surface area contributed by atoms with Gasteiger partial charge in [-0.05, 0) is 49.3 Å². The van der Waals surface area contributed by atoms with Gasteiger partial charge in [0.05, 0.1) is 19.3 Å². The molecule has 3 rings (SSSR count). The fourth-order valence-electron chi connectivity index (χ4n) is 2.99. The molecule has 124 valence electrons. The lowest BCUT2D eigenvalue weighted by Gasteiger charge is -2.28. The molecule has 1 aromatic rings. The Morgan fingerprint density at radius 2 is 1.83 bits per heavy atom. The third-order valence-corrected chi connectivity index (χ3v) is 4.42. The molecule has 2 fully saturated rings. The van der Waals surface area contributed by atoms with E-state index in [-0.39, 0.29) is 24.9 Å². The van der Waals surface area contributed by atoms with Crippen LogP contribution in [0.1, 0.15) is 42.7 Å². The number of halogens is 2. The van der Waals surface area contributed by atoms with E-state index >= 15 is 0 Å². The molecule has 0 spiro atoms. The second kappa shape index (κ2) is 7.35. The molecule has 1 heterocycles. The first kappa shape index (κ1) is 16.3. The van der Waals surface area contributed by atoms with Crippen molar-refractivity contribution in [3.63, 3.8) is 0 Å². The fourth-order valence-corrected chi connectivity index (χ4v) is 2.99. The maximum Gasteiger partial charge on any atom is 0.147 e. The lowest BCUT2D eigenvalue weighted by atomic mass is 9.82. The Balaban J connectivity index is 1.47. The molecular formula is C17H19F2NO3. The van der Waals surface area contributed by atoms with Gasteiger partial charge in [0.1, 0.15) is 36.2 Å². The summed E-state index contributed by atoms with van der Waals surface area (Å²) in [6, 6.07) is 4.12. The topological polar surface area (TPSA) is 54.8 Å². The zero-order chi connectivity index (χ0) is 16.2. The summed E-state index contributed by atoms with van der Waals surface area (Å²) in [6.45, 7) is 1.59. The molecule has 0 aromatic heterocycles. The molecule has 23 heavy (non-hydrogen) atoms. The minimum absolute atomic E-state index is 0.104. The van der Waals surface area contributed by atoms with Gasteiger partial charge in [-0.15, -0.1) is 0 Å². The molecule has 0 amide bonds. The summed E-state index contributed by atoms with van der Waals surface area (Å²) in [4.78, 5) is 0. The number of ether oxygens (including phenoxy) is 3. The van der Waals surface area contributed by atoms with Crippen LogP contribution in [0.2, 0.25) is 0 Å². The molecular weight excluding hydrogens is 304 g/mol. The summed E-state index contributed by atoms with van der Waals surface area (Å²) in [6.07, 6.45) is 3.63. The van der Waals surface area contributed by atoms with Gasteiger partial charge >= 0.3 is 0 Å². The van der Waals surface area contributed by atoms with Crippen LogP contribution in [0.3, 0.4) is 0 Å². The van der Waals surface area contributed by atoms with Crippen LogP contribution in [0.4, 0.5) is 8.78 Å². The maximum absolute atomic E-state index is 13.7. The van der Waals surface area contributed by atoms with Gasteiger partial charge in [0.25, 0.3) is 0 Å². The van der Waals surface area contributed by atoms with Gasteiger partial charge in [0, 0.05) is 0 Å². The van der Waals surface area contributed by atoms with E-state index < -0.39 is 17.2 Å². The van der Waals surface area contributed by atoms with Crippen molar-refractivity contribution in [3.8, 4) is 6.07 Å². The van der Waals surface area contributed by atoms with Crippen LogP contribution in [-0.2, 0) is 14.2 Å². The average Bonchev–Trinajstić information content (AvgIpc) is 3.36. The number of epoxide rings is 1. The zero-order valence-electron chi connectivity index (χ0n) is 12.8. The second-order valence-electron chi connectivity index (χ2n) is 6.06. The third-order valence-electron chi connectivity index (χ3n) is 4.42. The predicted molar refractivity (Wildman–Crippen MR) is 77.7 cm³/mol. The molecule has 1 aliphatic heterocycles. The normalized spacial score (nSPS) is 26.7. The highest BCUT2D eigenvalue weighted by atomic mass is 19.1. The summed E-state index contributed by atoms with van der Waals surface area (Å²) in [5.41, 5.74) is 0.113. The van der Waals surface area contributed by atoms with Gasteiger partial charge < -0.3 is 14.2 Å². The fraction of sp³-hybridized carbons (Fsp3) is 0.588. The van der Waals surface area contributed by atoms with Gasteiger partial charge in [-0.25, -0.2) is 8.78 Å². The molecule has 2 aliphatic rings. The van der Waals surface area contributed by atoms with E-state index in [4.69, 9.17) is 19.5 Å².